The van der Waals surface area contributed by atoms with Gasteiger partial charge in [-0.05, 0) is 5.41 Å². The van der Waals surface area contributed by atoms with E-state index in [1.807, 2.05) is 30.3 Å². The van der Waals surface area contributed by atoms with Crippen molar-refractivity contribution < 1.29 is 33.0 Å². The molecule has 0 radical (unpaired) electrons. The van der Waals surface area contributed by atoms with E-state index < -0.39 is 0 Å². The van der Waals surface area contributed by atoms with Crippen molar-refractivity contribution in [1.82, 2.24) is 0 Å². The summed E-state index contributed by atoms with van der Waals surface area (Å²) in [5, 5.41) is 1.35. The van der Waals surface area contributed by atoms with Gasteiger partial charge in [0.2, 0.25) is 0 Å². The molecule has 1 unspecified atom stereocenters. The molecule has 1 atom stereocenters. The van der Waals surface area contributed by atoms with Gasteiger partial charge in [0.25, 0.3) is 0 Å². The summed E-state index contributed by atoms with van der Waals surface area (Å²) in [4.78, 5) is 0. The zero-order chi connectivity index (χ0) is 17.4. The number of hydrogen-bond acceptors (Lipinski definition) is 0. The van der Waals surface area contributed by atoms with Gasteiger partial charge in [-0.15, -0.1) is 5.30 Å². The third-order valence-corrected chi connectivity index (χ3v) is 3.58. The molecule has 2 aromatic rings. The molecule has 0 N–H and O–H groups in total. The monoisotopic (exact) mass is 506 g/mol. The fourth-order valence-electron chi connectivity index (χ4n) is 2.28. The second-order valence-electron chi connectivity index (χ2n) is 7.08. The molecule has 0 aliphatic heterocycles. The van der Waals surface area contributed by atoms with Crippen LogP contribution in [0.25, 0.3) is 0 Å². The number of rotatable bonds is 0. The molecular weight excluding hydrogens is 480 g/mol. The normalized spacial score (nSPS) is 10.8. The van der Waals surface area contributed by atoms with E-state index >= 15 is 0 Å². The first-order valence-electron chi connectivity index (χ1n) is 7.11. The van der Waals surface area contributed by atoms with Crippen molar-refractivity contribution in [3.05, 3.63) is 53.6 Å². The average Bonchev–Trinajstić information content (AvgIpc) is 2.98. The second kappa shape index (κ2) is 12.3. The van der Waals surface area contributed by atoms with Crippen LogP contribution in [0.2, 0.25) is 0 Å². The zero-order valence-corrected chi connectivity index (χ0v) is 19.9. The van der Waals surface area contributed by atoms with Crippen LogP contribution in [0.5, 0.6) is 0 Å². The number of hydrogen-bond donors (Lipinski definition) is 0. The van der Waals surface area contributed by atoms with E-state index in [1.54, 1.807) is 0 Å². The summed E-state index contributed by atoms with van der Waals surface area (Å²) in [5.74, 6) is 0. The summed E-state index contributed by atoms with van der Waals surface area (Å²) in [7, 11) is 12.5. The Bertz CT molecular complexity index is 491. The minimum atomic E-state index is -0.106. The van der Waals surface area contributed by atoms with Gasteiger partial charge in [-0.2, -0.15) is 44.6 Å². The average molecular weight is 508 g/mol. The van der Waals surface area contributed by atoms with Crippen LogP contribution in [-0.2, 0) is 43.8 Å². The molecule has 0 aliphatic rings. The standard InChI is InChI=1S/C13H22P.C5H5.2ClH.Fe.Pd/c1-12(2,3)9-7-8-10(14)11(9)13(4,5)6;1-2-4-5-3-1;;;;/h7-8H,14H2,1-6H3;1-5H;2*1H;;/q2*-1;;;2*+2/p-2. The summed E-state index contributed by atoms with van der Waals surface area (Å²) >= 11 is -0.106. The fourth-order valence-corrected chi connectivity index (χ4v) is 2.96. The number of halogens is 2. The Morgan fingerprint density at radius 3 is 1.65 bits per heavy atom. The maximum Gasteiger partial charge on any atom is 2.00 e. The van der Waals surface area contributed by atoms with Crippen molar-refractivity contribution in [2.75, 3.05) is 0 Å². The van der Waals surface area contributed by atoms with Gasteiger partial charge in [-0.1, -0.05) is 47.0 Å². The summed E-state index contributed by atoms with van der Waals surface area (Å²) in [6, 6.07) is 14.5. The predicted octanol–water partition coefficient (Wildman–Crippen LogP) is 6.28. The minimum absolute atomic E-state index is 0. The Balaban J connectivity index is 0. The van der Waals surface area contributed by atoms with Crippen LogP contribution in [0.4, 0.5) is 0 Å². The molecule has 0 fully saturated rings. The quantitative estimate of drug-likeness (QED) is 0.224. The van der Waals surface area contributed by atoms with Crippen molar-refractivity contribution >= 4 is 33.6 Å². The van der Waals surface area contributed by atoms with Crippen molar-refractivity contribution in [2.24, 2.45) is 0 Å². The summed E-state index contributed by atoms with van der Waals surface area (Å²) in [5.41, 5.74) is 3.46. The predicted molar refractivity (Wildman–Crippen MR) is 103 cm³/mol. The first kappa shape index (κ1) is 26.1. The molecule has 0 heterocycles. The maximum absolute atomic E-state index is 4.81. The Kier molecular flexibility index (Phi) is 13.9. The van der Waals surface area contributed by atoms with Crippen molar-refractivity contribution in [2.45, 2.75) is 52.4 Å². The zero-order valence-electron chi connectivity index (χ0n) is 14.5. The van der Waals surface area contributed by atoms with Crippen LogP contribution >= 0.6 is 28.3 Å². The van der Waals surface area contributed by atoms with E-state index in [2.05, 4.69) is 62.9 Å². The third-order valence-electron chi connectivity index (χ3n) is 3.10. The molecule has 0 spiro atoms. The van der Waals surface area contributed by atoms with Crippen molar-refractivity contribution in [3.8, 4) is 0 Å². The fraction of sp³-hybridized carbons (Fsp3) is 0.444. The Hall–Kier alpha value is 0.892. The summed E-state index contributed by atoms with van der Waals surface area (Å²) in [6.07, 6.45) is 0. The molecular formula is C18H27Cl2FePPd. The molecule has 0 saturated heterocycles. The largest absolute Gasteiger partial charge is 2.00 e. The van der Waals surface area contributed by atoms with Gasteiger partial charge in [0, 0.05) is 0 Å². The maximum atomic E-state index is 4.81. The Morgan fingerprint density at radius 2 is 1.43 bits per heavy atom. The van der Waals surface area contributed by atoms with Gasteiger partial charge in [-0.25, -0.2) is 18.2 Å². The van der Waals surface area contributed by atoms with Crippen LogP contribution in [-0.4, -0.2) is 0 Å². The molecule has 0 amide bonds. The Morgan fingerprint density at radius 1 is 1.00 bits per heavy atom. The smallest absolute Gasteiger partial charge is 0.214 e. The van der Waals surface area contributed by atoms with Crippen LogP contribution in [0.1, 0.15) is 52.7 Å². The van der Waals surface area contributed by atoms with E-state index in [0.717, 1.165) is 0 Å². The van der Waals surface area contributed by atoms with Gasteiger partial charge in [0.1, 0.15) is 0 Å². The van der Waals surface area contributed by atoms with Gasteiger partial charge in [-0.3, -0.25) is 0 Å². The first-order chi connectivity index (χ1) is 10.1. The van der Waals surface area contributed by atoms with Crippen LogP contribution < -0.4 is 5.30 Å². The van der Waals surface area contributed by atoms with Gasteiger partial charge in [0.05, 0.1) is 0 Å². The van der Waals surface area contributed by atoms with Gasteiger partial charge in [0.15, 0.2) is 0 Å². The first-order valence-corrected chi connectivity index (χ1v) is 11.7. The molecule has 0 nitrogen and oxygen atoms in total. The molecule has 2 rings (SSSR count). The van der Waals surface area contributed by atoms with E-state index in [1.165, 1.54) is 16.4 Å². The van der Waals surface area contributed by atoms with Crippen LogP contribution in [0.3, 0.4) is 0 Å². The van der Waals surface area contributed by atoms with E-state index in [4.69, 9.17) is 19.1 Å². The van der Waals surface area contributed by atoms with Crippen molar-refractivity contribution in [1.29, 1.82) is 0 Å². The summed E-state index contributed by atoms with van der Waals surface area (Å²) < 4.78 is 0. The Labute approximate surface area is 171 Å². The van der Waals surface area contributed by atoms with Gasteiger partial charge >= 0.3 is 52.1 Å². The molecule has 23 heavy (non-hydrogen) atoms. The third kappa shape index (κ3) is 10.5. The molecule has 0 aliphatic carbocycles. The topological polar surface area (TPSA) is 0 Å². The van der Waals surface area contributed by atoms with Crippen molar-refractivity contribution in [3.63, 3.8) is 0 Å². The molecule has 2 aromatic carbocycles. The van der Waals surface area contributed by atoms with Crippen LogP contribution in [0, 0.1) is 0 Å². The van der Waals surface area contributed by atoms with Gasteiger partial charge < -0.3 is 0 Å². The van der Waals surface area contributed by atoms with E-state index in [0.29, 0.717) is 0 Å². The van der Waals surface area contributed by atoms with E-state index in [-0.39, 0.29) is 43.8 Å². The molecule has 136 valence electrons. The molecule has 5 heteroatoms. The molecule has 0 aromatic heterocycles. The molecule has 0 bridgehead atoms. The summed E-state index contributed by atoms with van der Waals surface area (Å²) in [6.45, 7) is 13.7. The van der Waals surface area contributed by atoms with E-state index in [9.17, 15) is 0 Å². The molecule has 0 saturated carbocycles. The SMILES string of the molecule is CC(C)(C)c1cc[c-](P)c1C(C)(C)C.[Cl][Pd][Cl].[Fe+2].c1cc[cH-]c1. The second-order valence-corrected chi connectivity index (χ2v) is 10.1. The minimum Gasteiger partial charge on any atom is -0.214 e. The van der Waals surface area contributed by atoms with Crippen LogP contribution in [0.15, 0.2) is 42.5 Å².